The molecule has 0 aliphatic carbocycles. The first kappa shape index (κ1) is 20.0. The lowest BCUT2D eigenvalue weighted by molar-refractivity contribution is -0.0238. The Morgan fingerprint density at radius 2 is 1.30 bits per heavy atom. The summed E-state index contributed by atoms with van der Waals surface area (Å²) < 4.78 is 12.4. The van der Waals surface area contributed by atoms with E-state index in [4.69, 9.17) is 9.47 Å². The van der Waals surface area contributed by atoms with Crippen LogP contribution >= 0.6 is 26.2 Å². The van der Waals surface area contributed by atoms with Crippen molar-refractivity contribution in [3.05, 3.63) is 59.7 Å². The van der Waals surface area contributed by atoms with E-state index in [0.29, 0.717) is 0 Å². The minimum absolute atomic E-state index is 0. The maximum absolute atomic E-state index is 6.22. The van der Waals surface area contributed by atoms with Crippen LogP contribution in [0.4, 0.5) is 0 Å². The van der Waals surface area contributed by atoms with Gasteiger partial charge in [-0.1, -0.05) is 43.3 Å². The van der Waals surface area contributed by atoms with Gasteiger partial charge in [0.1, 0.15) is 11.5 Å². The van der Waals surface area contributed by atoms with E-state index in [-0.39, 0.29) is 28.4 Å². The highest BCUT2D eigenvalue weighted by Gasteiger charge is 2.32. The molecule has 0 radical (unpaired) electrons. The van der Waals surface area contributed by atoms with Crippen LogP contribution in [0.15, 0.2) is 48.5 Å². The van der Waals surface area contributed by atoms with Gasteiger partial charge in [0.15, 0.2) is 0 Å². The van der Waals surface area contributed by atoms with E-state index >= 15 is 0 Å². The van der Waals surface area contributed by atoms with Crippen LogP contribution in [0, 0.1) is 13.8 Å². The van der Waals surface area contributed by atoms with Gasteiger partial charge in [0.2, 0.25) is 6.29 Å². The molecular weight excluding hydrogens is 371 g/mol. The minimum atomic E-state index is -0.371. The first-order chi connectivity index (χ1) is 10.4. The highest BCUT2D eigenvalue weighted by Crippen LogP contribution is 2.33. The SMILES string of the molecule is Br.CCC(C)(P)C(Oc1ccccc1C)Oc1ccccc1C. The monoisotopic (exact) mass is 396 g/mol. The van der Waals surface area contributed by atoms with Gasteiger partial charge in [0, 0.05) is 0 Å². The fourth-order valence-corrected chi connectivity index (χ4v) is 2.20. The number of benzene rings is 2. The average molecular weight is 397 g/mol. The van der Waals surface area contributed by atoms with E-state index in [1.165, 1.54) is 0 Å². The zero-order valence-corrected chi connectivity index (χ0v) is 17.1. The Morgan fingerprint density at radius 3 is 1.65 bits per heavy atom. The molecule has 2 atom stereocenters. The van der Waals surface area contributed by atoms with E-state index in [1.54, 1.807) is 0 Å². The number of aryl methyl sites for hydroxylation is 2. The van der Waals surface area contributed by atoms with Crippen molar-refractivity contribution in [2.24, 2.45) is 0 Å². The van der Waals surface area contributed by atoms with Gasteiger partial charge >= 0.3 is 0 Å². The minimum Gasteiger partial charge on any atom is -0.454 e. The summed E-state index contributed by atoms with van der Waals surface area (Å²) >= 11 is 0. The van der Waals surface area contributed by atoms with E-state index in [9.17, 15) is 0 Å². The molecule has 2 nitrogen and oxygen atoms in total. The number of hydrogen-bond acceptors (Lipinski definition) is 2. The van der Waals surface area contributed by atoms with Gasteiger partial charge in [-0.25, -0.2) is 0 Å². The number of para-hydroxylation sites is 2. The topological polar surface area (TPSA) is 18.5 Å². The smallest absolute Gasteiger partial charge is 0.249 e. The van der Waals surface area contributed by atoms with Crippen molar-refractivity contribution in [1.29, 1.82) is 0 Å². The molecule has 2 aromatic carbocycles. The molecule has 4 heteroatoms. The first-order valence-corrected chi connectivity index (χ1v) is 8.25. The fraction of sp³-hybridized carbons (Fsp3) is 0.368. The predicted molar refractivity (Wildman–Crippen MR) is 106 cm³/mol. The summed E-state index contributed by atoms with van der Waals surface area (Å²) in [7, 11) is 2.88. The summed E-state index contributed by atoms with van der Waals surface area (Å²) in [6.07, 6.45) is 0.560. The molecule has 0 aromatic heterocycles. The molecule has 0 aliphatic rings. The van der Waals surface area contributed by atoms with Crippen LogP contribution in [-0.4, -0.2) is 11.4 Å². The molecular formula is C19H26BrO2P. The van der Waals surface area contributed by atoms with Gasteiger partial charge in [-0.05, 0) is 50.5 Å². The molecule has 0 aliphatic heterocycles. The second kappa shape index (κ2) is 8.70. The highest BCUT2D eigenvalue weighted by molar-refractivity contribution is 8.93. The largest absolute Gasteiger partial charge is 0.454 e. The van der Waals surface area contributed by atoms with Crippen molar-refractivity contribution in [2.45, 2.75) is 45.6 Å². The van der Waals surface area contributed by atoms with Crippen LogP contribution in [0.2, 0.25) is 0 Å². The number of ether oxygens (including phenoxy) is 2. The quantitative estimate of drug-likeness (QED) is 0.459. The zero-order valence-electron chi connectivity index (χ0n) is 14.2. The molecule has 0 amide bonds. The van der Waals surface area contributed by atoms with Gasteiger partial charge in [-0.2, -0.15) is 0 Å². The van der Waals surface area contributed by atoms with E-state index in [1.807, 2.05) is 62.4 Å². The molecule has 0 saturated heterocycles. The number of halogens is 1. The Labute approximate surface area is 152 Å². The van der Waals surface area contributed by atoms with Gasteiger partial charge in [0.25, 0.3) is 0 Å². The number of rotatable bonds is 6. The standard InChI is InChI=1S/C19H25O2P.BrH/c1-5-19(4,22)18(20-16-12-8-6-10-14(16)2)21-17-13-9-7-11-15(17)3;/h6-13,18H,5,22H2,1-4H3;1H. The third-order valence-corrected chi connectivity index (χ3v) is 4.64. The zero-order chi connectivity index (χ0) is 16.2. The molecule has 0 saturated carbocycles. The Balaban J connectivity index is 0.00000264. The second-order valence-corrected chi connectivity index (χ2v) is 7.28. The summed E-state index contributed by atoms with van der Waals surface area (Å²) in [4.78, 5) is 0. The van der Waals surface area contributed by atoms with Gasteiger partial charge in [-0.15, -0.1) is 26.2 Å². The van der Waals surface area contributed by atoms with Crippen LogP contribution < -0.4 is 9.47 Å². The highest BCUT2D eigenvalue weighted by atomic mass is 79.9. The van der Waals surface area contributed by atoms with Crippen LogP contribution in [0.3, 0.4) is 0 Å². The Bertz CT molecular complexity index is 581. The van der Waals surface area contributed by atoms with Gasteiger partial charge < -0.3 is 9.47 Å². The van der Waals surface area contributed by atoms with Crippen molar-refractivity contribution in [2.75, 3.05) is 0 Å². The molecule has 2 unspecified atom stereocenters. The van der Waals surface area contributed by atoms with Crippen molar-refractivity contribution < 1.29 is 9.47 Å². The molecule has 0 heterocycles. The molecule has 23 heavy (non-hydrogen) atoms. The summed E-state index contributed by atoms with van der Waals surface area (Å²) in [5.74, 6) is 1.73. The van der Waals surface area contributed by atoms with Crippen molar-refractivity contribution in [1.82, 2.24) is 0 Å². The van der Waals surface area contributed by atoms with Crippen molar-refractivity contribution in [3.63, 3.8) is 0 Å². The molecule has 0 bridgehead atoms. The molecule has 0 N–H and O–H groups in total. The first-order valence-electron chi connectivity index (χ1n) is 7.67. The molecule has 0 spiro atoms. The maximum atomic E-state index is 6.22. The summed E-state index contributed by atoms with van der Waals surface area (Å²) in [6.45, 7) is 8.37. The van der Waals surface area contributed by atoms with Gasteiger partial charge in [0.05, 0.1) is 5.16 Å². The van der Waals surface area contributed by atoms with E-state index < -0.39 is 0 Å². The maximum Gasteiger partial charge on any atom is 0.249 e. The molecule has 0 fully saturated rings. The lowest BCUT2D eigenvalue weighted by atomic mass is 10.1. The Morgan fingerprint density at radius 1 is 0.913 bits per heavy atom. The summed E-state index contributed by atoms with van der Waals surface area (Å²) in [5.41, 5.74) is 2.22. The molecule has 2 rings (SSSR count). The van der Waals surface area contributed by atoms with Crippen LogP contribution in [-0.2, 0) is 0 Å². The summed E-state index contributed by atoms with van der Waals surface area (Å²) in [5, 5.41) is -0.176. The summed E-state index contributed by atoms with van der Waals surface area (Å²) in [6, 6.07) is 16.1. The number of hydrogen-bond donors (Lipinski definition) is 0. The second-order valence-electron chi connectivity index (χ2n) is 5.96. The normalized spacial score (nSPS) is 13.1. The average Bonchev–Trinajstić information content (AvgIpc) is 2.50. The Hall–Kier alpha value is -1.05. The van der Waals surface area contributed by atoms with Crippen LogP contribution in [0.5, 0.6) is 11.5 Å². The van der Waals surface area contributed by atoms with Crippen molar-refractivity contribution in [3.8, 4) is 11.5 Å². The van der Waals surface area contributed by atoms with Crippen LogP contribution in [0.25, 0.3) is 0 Å². The molecule has 2 aromatic rings. The lowest BCUT2D eigenvalue weighted by Crippen LogP contribution is -2.42. The van der Waals surface area contributed by atoms with Crippen LogP contribution in [0.1, 0.15) is 31.4 Å². The third kappa shape index (κ3) is 5.22. The van der Waals surface area contributed by atoms with Crippen molar-refractivity contribution >= 4 is 26.2 Å². The fourth-order valence-electron chi connectivity index (χ4n) is 2.07. The predicted octanol–water partition coefficient (Wildman–Crippen LogP) is 5.71. The van der Waals surface area contributed by atoms with E-state index in [2.05, 4.69) is 23.1 Å². The van der Waals surface area contributed by atoms with Gasteiger partial charge in [-0.3, -0.25) is 0 Å². The molecule has 126 valence electrons. The lowest BCUT2D eigenvalue weighted by Gasteiger charge is -2.34. The Kier molecular flexibility index (Phi) is 7.57. The third-order valence-electron chi connectivity index (χ3n) is 3.96. The van der Waals surface area contributed by atoms with E-state index in [0.717, 1.165) is 29.0 Å².